The molecular formula is C15H14O2. The predicted molar refractivity (Wildman–Crippen MR) is 65.9 cm³/mol. The van der Waals surface area contributed by atoms with Crippen molar-refractivity contribution in [2.24, 2.45) is 0 Å². The summed E-state index contributed by atoms with van der Waals surface area (Å²) in [6.45, 7) is 4.20. The minimum absolute atomic E-state index is 0.0207. The molecule has 2 bridgehead atoms. The maximum Gasteiger partial charge on any atom is 0.155 e. The zero-order chi connectivity index (χ0) is 11.7. The van der Waals surface area contributed by atoms with Crippen LogP contribution in [0, 0.1) is 0 Å². The van der Waals surface area contributed by atoms with Crippen molar-refractivity contribution >= 4 is 6.08 Å². The van der Waals surface area contributed by atoms with Crippen LogP contribution in [-0.4, -0.2) is 17.3 Å². The molecule has 0 amide bonds. The SMILES string of the molecule is C[C@]12C=C[C@](C)(O1)[C@H]1Oc3ccccc3C=C12. The Kier molecular flexibility index (Phi) is 1.48. The van der Waals surface area contributed by atoms with E-state index in [0.29, 0.717) is 0 Å². The zero-order valence-corrected chi connectivity index (χ0v) is 9.94. The van der Waals surface area contributed by atoms with Crippen molar-refractivity contribution in [3.63, 3.8) is 0 Å². The second-order valence-electron chi connectivity index (χ2n) is 5.36. The van der Waals surface area contributed by atoms with Gasteiger partial charge in [0.25, 0.3) is 0 Å². The topological polar surface area (TPSA) is 18.5 Å². The predicted octanol–water partition coefficient (Wildman–Crippen LogP) is 2.95. The van der Waals surface area contributed by atoms with Gasteiger partial charge in [-0.1, -0.05) is 18.2 Å². The number of ether oxygens (including phenoxy) is 2. The molecule has 3 atom stereocenters. The van der Waals surface area contributed by atoms with Crippen molar-refractivity contribution in [2.45, 2.75) is 31.2 Å². The first kappa shape index (κ1) is 9.49. The summed E-state index contributed by atoms with van der Waals surface area (Å²) in [5.41, 5.74) is 1.79. The molecule has 1 saturated heterocycles. The van der Waals surface area contributed by atoms with E-state index in [1.54, 1.807) is 0 Å². The third kappa shape index (κ3) is 1.04. The molecule has 4 rings (SSSR count). The third-order valence-corrected chi connectivity index (χ3v) is 4.02. The Morgan fingerprint density at radius 3 is 2.82 bits per heavy atom. The van der Waals surface area contributed by atoms with Crippen LogP contribution >= 0.6 is 0 Å². The number of para-hydroxylation sites is 1. The highest BCUT2D eigenvalue weighted by Crippen LogP contribution is 2.53. The Balaban J connectivity index is 1.94. The number of fused-ring (bicyclic) bond motifs is 6. The van der Waals surface area contributed by atoms with E-state index in [2.05, 4.69) is 38.1 Å². The summed E-state index contributed by atoms with van der Waals surface area (Å²) >= 11 is 0. The maximum atomic E-state index is 6.12. The molecule has 1 aromatic carbocycles. The minimum atomic E-state index is -0.311. The number of benzene rings is 1. The van der Waals surface area contributed by atoms with Gasteiger partial charge < -0.3 is 9.47 Å². The lowest BCUT2D eigenvalue weighted by Crippen LogP contribution is -2.40. The van der Waals surface area contributed by atoms with E-state index in [4.69, 9.17) is 9.47 Å². The molecule has 3 heterocycles. The van der Waals surface area contributed by atoms with Gasteiger partial charge >= 0.3 is 0 Å². The van der Waals surface area contributed by atoms with E-state index >= 15 is 0 Å². The van der Waals surface area contributed by atoms with Gasteiger partial charge in [-0.3, -0.25) is 0 Å². The van der Waals surface area contributed by atoms with Crippen LogP contribution in [0.1, 0.15) is 19.4 Å². The van der Waals surface area contributed by atoms with Crippen LogP contribution in [0.4, 0.5) is 0 Å². The van der Waals surface area contributed by atoms with E-state index < -0.39 is 0 Å². The Bertz CT molecular complexity index is 572. The summed E-state index contributed by atoms with van der Waals surface area (Å²) in [7, 11) is 0. The fourth-order valence-corrected chi connectivity index (χ4v) is 3.12. The standard InChI is InChI=1S/C15H14O2/c1-14-7-8-15(2,17-14)13-11(14)9-10-5-3-4-6-12(10)16-13/h3-9,13H,1-2H3/t13-,14+,15-/m0/s1. The molecule has 0 radical (unpaired) electrons. The van der Waals surface area contributed by atoms with Gasteiger partial charge in [0.1, 0.15) is 17.0 Å². The van der Waals surface area contributed by atoms with Gasteiger partial charge in [-0.2, -0.15) is 0 Å². The van der Waals surface area contributed by atoms with Crippen molar-refractivity contribution in [3.05, 3.63) is 47.6 Å². The van der Waals surface area contributed by atoms with E-state index in [1.807, 2.05) is 18.2 Å². The lowest BCUT2D eigenvalue weighted by atomic mass is 9.81. The molecule has 0 saturated carbocycles. The van der Waals surface area contributed by atoms with Crippen LogP contribution < -0.4 is 4.74 Å². The van der Waals surface area contributed by atoms with Gasteiger partial charge in [0.15, 0.2) is 6.10 Å². The van der Waals surface area contributed by atoms with Crippen LogP contribution in [0.2, 0.25) is 0 Å². The second-order valence-corrected chi connectivity index (χ2v) is 5.36. The highest BCUT2D eigenvalue weighted by molar-refractivity contribution is 5.68. The molecule has 2 nitrogen and oxygen atoms in total. The fourth-order valence-electron chi connectivity index (χ4n) is 3.12. The van der Waals surface area contributed by atoms with E-state index in [9.17, 15) is 0 Å². The molecule has 0 aliphatic carbocycles. The molecule has 0 unspecified atom stereocenters. The normalized spacial score (nSPS) is 40.6. The van der Waals surface area contributed by atoms with Gasteiger partial charge in [0.05, 0.1) is 0 Å². The lowest BCUT2D eigenvalue weighted by molar-refractivity contribution is -0.0338. The molecule has 1 aromatic rings. The van der Waals surface area contributed by atoms with Crippen LogP contribution in [0.3, 0.4) is 0 Å². The van der Waals surface area contributed by atoms with Crippen LogP contribution in [0.25, 0.3) is 6.08 Å². The summed E-state index contributed by atoms with van der Waals surface area (Å²) in [6, 6.07) is 8.14. The van der Waals surface area contributed by atoms with Crippen molar-refractivity contribution in [2.75, 3.05) is 0 Å². The van der Waals surface area contributed by atoms with Crippen molar-refractivity contribution in [1.29, 1.82) is 0 Å². The quantitative estimate of drug-likeness (QED) is 0.633. The lowest BCUT2D eigenvalue weighted by Gasteiger charge is -2.32. The van der Waals surface area contributed by atoms with Crippen LogP contribution in [0.15, 0.2) is 42.0 Å². The van der Waals surface area contributed by atoms with Gasteiger partial charge in [0, 0.05) is 11.1 Å². The Hall–Kier alpha value is -1.54. The molecule has 0 N–H and O–H groups in total. The smallest absolute Gasteiger partial charge is 0.155 e. The summed E-state index contributed by atoms with van der Waals surface area (Å²) in [5.74, 6) is 0.954. The summed E-state index contributed by atoms with van der Waals surface area (Å²) in [6.07, 6.45) is 6.51. The fraction of sp³-hybridized carbons (Fsp3) is 0.333. The Morgan fingerprint density at radius 2 is 1.94 bits per heavy atom. The Labute approximate surface area is 101 Å². The number of rotatable bonds is 0. The second kappa shape index (κ2) is 2.65. The number of hydrogen-bond acceptors (Lipinski definition) is 2. The number of hydrogen-bond donors (Lipinski definition) is 0. The van der Waals surface area contributed by atoms with Gasteiger partial charge in [-0.05, 0) is 38.1 Å². The molecule has 3 aliphatic rings. The molecular weight excluding hydrogens is 212 g/mol. The molecule has 0 aromatic heterocycles. The first-order valence-corrected chi connectivity index (χ1v) is 5.99. The molecule has 3 aliphatic heterocycles. The average molecular weight is 226 g/mol. The Morgan fingerprint density at radius 1 is 1.12 bits per heavy atom. The first-order valence-electron chi connectivity index (χ1n) is 5.99. The summed E-state index contributed by atoms with van der Waals surface area (Å²) in [4.78, 5) is 0. The molecule has 1 fully saturated rings. The van der Waals surface area contributed by atoms with Crippen LogP contribution in [0.5, 0.6) is 5.75 Å². The average Bonchev–Trinajstić information content (AvgIpc) is 2.75. The summed E-state index contributed by atoms with van der Waals surface area (Å²) < 4.78 is 12.2. The zero-order valence-electron chi connectivity index (χ0n) is 9.94. The molecule has 17 heavy (non-hydrogen) atoms. The third-order valence-electron chi connectivity index (χ3n) is 4.02. The largest absolute Gasteiger partial charge is 0.482 e. The van der Waals surface area contributed by atoms with E-state index in [-0.39, 0.29) is 17.3 Å². The molecule has 86 valence electrons. The van der Waals surface area contributed by atoms with Crippen LogP contribution in [-0.2, 0) is 4.74 Å². The van der Waals surface area contributed by atoms with Crippen molar-refractivity contribution in [1.82, 2.24) is 0 Å². The van der Waals surface area contributed by atoms with E-state index in [0.717, 1.165) is 11.3 Å². The minimum Gasteiger partial charge on any atom is -0.482 e. The van der Waals surface area contributed by atoms with Gasteiger partial charge in [0.2, 0.25) is 0 Å². The van der Waals surface area contributed by atoms with Gasteiger partial charge in [-0.25, -0.2) is 0 Å². The summed E-state index contributed by atoms with van der Waals surface area (Å²) in [5, 5.41) is 0. The molecule has 2 heteroatoms. The van der Waals surface area contributed by atoms with Crippen molar-refractivity contribution < 1.29 is 9.47 Å². The monoisotopic (exact) mass is 226 g/mol. The van der Waals surface area contributed by atoms with E-state index in [1.165, 1.54) is 5.57 Å². The maximum absolute atomic E-state index is 6.12. The highest BCUT2D eigenvalue weighted by atomic mass is 16.6. The first-order chi connectivity index (χ1) is 8.11. The molecule has 0 spiro atoms. The highest BCUT2D eigenvalue weighted by Gasteiger charge is 2.59. The van der Waals surface area contributed by atoms with Crippen molar-refractivity contribution in [3.8, 4) is 5.75 Å². The van der Waals surface area contributed by atoms with Gasteiger partial charge in [-0.15, -0.1) is 0 Å².